The number of anilines is 1. The molecule has 0 heterocycles. The molecule has 37 heavy (non-hydrogen) atoms. The Morgan fingerprint density at radius 2 is 1.76 bits per heavy atom. The summed E-state index contributed by atoms with van der Waals surface area (Å²) in [4.78, 5) is 13.3. The fraction of sp³-hybridized carbons (Fsp3) is 0.519. The van der Waals surface area contributed by atoms with E-state index in [0.717, 1.165) is 11.4 Å². The van der Waals surface area contributed by atoms with E-state index in [-0.39, 0.29) is 23.9 Å². The number of rotatable bonds is 15. The molecule has 0 aromatic heterocycles. The monoisotopic (exact) mass is 541 g/mol. The molecule has 0 bridgehead atoms. The van der Waals surface area contributed by atoms with E-state index in [1.807, 2.05) is 26.2 Å². The topological polar surface area (TPSA) is 71.6 Å². The van der Waals surface area contributed by atoms with Crippen LogP contribution in [0.4, 0.5) is 18.9 Å². The molecule has 2 aromatic carbocycles. The van der Waals surface area contributed by atoms with Crippen molar-refractivity contribution in [2.45, 2.75) is 51.0 Å². The maximum atomic E-state index is 14.0. The number of carbonyl (C=O) groups is 1. The third-order valence-electron chi connectivity index (χ3n) is 5.82. The van der Waals surface area contributed by atoms with Gasteiger partial charge in [-0.1, -0.05) is 44.2 Å². The zero-order valence-electron chi connectivity index (χ0n) is 22.0. The van der Waals surface area contributed by atoms with Crippen molar-refractivity contribution in [2.24, 2.45) is 5.92 Å². The van der Waals surface area contributed by atoms with E-state index >= 15 is 0 Å². The summed E-state index contributed by atoms with van der Waals surface area (Å²) in [5.41, 5.74) is 0.800. The van der Waals surface area contributed by atoms with Crippen LogP contribution in [0.2, 0.25) is 0 Å². The van der Waals surface area contributed by atoms with Gasteiger partial charge in [0, 0.05) is 18.7 Å². The van der Waals surface area contributed by atoms with Gasteiger partial charge in [0.05, 0.1) is 25.9 Å². The Morgan fingerprint density at radius 1 is 1.05 bits per heavy atom. The highest BCUT2D eigenvalue weighted by molar-refractivity contribution is 7.98. The van der Waals surface area contributed by atoms with Gasteiger partial charge in [-0.15, -0.1) is 0 Å². The van der Waals surface area contributed by atoms with Gasteiger partial charge < -0.3 is 20.1 Å². The molecule has 3 atom stereocenters. The zero-order valence-corrected chi connectivity index (χ0v) is 22.8. The largest absolute Gasteiger partial charge is 0.497 e. The van der Waals surface area contributed by atoms with E-state index in [0.29, 0.717) is 24.5 Å². The summed E-state index contributed by atoms with van der Waals surface area (Å²) < 4.78 is 52.7. The van der Waals surface area contributed by atoms with Crippen molar-refractivity contribution in [3.8, 4) is 11.5 Å². The second kappa shape index (κ2) is 15.0. The number of thioether (sulfide) groups is 1. The van der Waals surface area contributed by atoms with Gasteiger partial charge >= 0.3 is 6.18 Å². The molecule has 0 aliphatic carbocycles. The summed E-state index contributed by atoms with van der Waals surface area (Å²) in [5, 5.41) is 8.89. The lowest BCUT2D eigenvalue weighted by Crippen LogP contribution is -2.52. The van der Waals surface area contributed by atoms with Crippen LogP contribution in [-0.4, -0.2) is 56.9 Å². The van der Waals surface area contributed by atoms with Crippen molar-refractivity contribution in [1.29, 1.82) is 0 Å². The molecule has 10 heteroatoms. The number of hydrogen-bond acceptors (Lipinski definition) is 6. The van der Waals surface area contributed by atoms with Gasteiger partial charge in [-0.2, -0.15) is 24.9 Å². The summed E-state index contributed by atoms with van der Waals surface area (Å²) in [6, 6.07) is 9.73. The second-order valence-corrected chi connectivity index (χ2v) is 10.2. The quantitative estimate of drug-likeness (QED) is 0.270. The van der Waals surface area contributed by atoms with E-state index in [1.165, 1.54) is 12.1 Å². The lowest BCUT2D eigenvalue weighted by Gasteiger charge is -2.30. The Morgan fingerprint density at radius 3 is 2.32 bits per heavy atom. The number of methoxy groups -OCH3 is 2. The van der Waals surface area contributed by atoms with Crippen molar-refractivity contribution >= 4 is 23.4 Å². The first-order valence-electron chi connectivity index (χ1n) is 12.2. The molecular weight excluding hydrogens is 503 g/mol. The van der Waals surface area contributed by atoms with Crippen LogP contribution in [-0.2, 0) is 4.79 Å². The number of hydrogen-bond donors (Lipinski definition) is 3. The Labute approximate surface area is 222 Å². The first-order valence-corrected chi connectivity index (χ1v) is 13.6. The third kappa shape index (κ3) is 10.0. The number of halogens is 3. The maximum Gasteiger partial charge on any atom is 0.407 e. The fourth-order valence-corrected chi connectivity index (χ4v) is 4.43. The number of amides is 1. The van der Waals surface area contributed by atoms with Gasteiger partial charge in [0.1, 0.15) is 17.5 Å². The van der Waals surface area contributed by atoms with Crippen molar-refractivity contribution in [2.75, 3.05) is 38.1 Å². The SMILES string of the molecule is COc1ccc(NC[C@H](CCSC)NC(=O)[C@H](CC(C)C)N[C@@H](c2ccccc2)C(F)(F)F)c(OC)c1. The summed E-state index contributed by atoms with van der Waals surface area (Å²) in [7, 11) is 3.12. The van der Waals surface area contributed by atoms with Crippen molar-refractivity contribution in [3.05, 3.63) is 54.1 Å². The van der Waals surface area contributed by atoms with Crippen LogP contribution in [0.3, 0.4) is 0 Å². The molecule has 3 N–H and O–H groups in total. The Kier molecular flexibility index (Phi) is 12.4. The molecule has 0 spiro atoms. The standard InChI is InChI=1S/C27H38F3N3O3S/c1-18(2)15-23(33-25(27(28,29)30)19-9-7-6-8-10-19)26(34)32-20(13-14-37-5)17-31-22-12-11-21(35-3)16-24(22)36-4/h6-12,16,18,20,23,25,31,33H,13-15,17H2,1-5H3,(H,32,34)/t20-,23-,25-/m0/s1. The van der Waals surface area contributed by atoms with Gasteiger partial charge in [-0.25, -0.2) is 0 Å². The average Bonchev–Trinajstić information content (AvgIpc) is 2.87. The summed E-state index contributed by atoms with van der Waals surface area (Å²) >= 11 is 1.64. The molecule has 0 saturated heterocycles. The van der Waals surface area contributed by atoms with Crippen LogP contribution in [0.25, 0.3) is 0 Å². The molecule has 0 radical (unpaired) electrons. The van der Waals surface area contributed by atoms with Gasteiger partial charge in [0.2, 0.25) is 5.91 Å². The molecule has 206 valence electrons. The third-order valence-corrected chi connectivity index (χ3v) is 6.46. The zero-order chi connectivity index (χ0) is 27.4. The Bertz CT molecular complexity index is 961. The molecule has 1 amide bonds. The molecular formula is C27H38F3N3O3S. The van der Waals surface area contributed by atoms with Crippen LogP contribution in [0.15, 0.2) is 48.5 Å². The van der Waals surface area contributed by atoms with Crippen molar-refractivity contribution in [1.82, 2.24) is 10.6 Å². The van der Waals surface area contributed by atoms with Crippen LogP contribution >= 0.6 is 11.8 Å². The molecule has 0 saturated carbocycles. The Hall–Kier alpha value is -2.59. The Balaban J connectivity index is 2.19. The van der Waals surface area contributed by atoms with E-state index in [4.69, 9.17) is 9.47 Å². The van der Waals surface area contributed by atoms with Gasteiger partial charge in [0.15, 0.2) is 0 Å². The van der Waals surface area contributed by atoms with Crippen LogP contribution < -0.4 is 25.4 Å². The highest BCUT2D eigenvalue weighted by Gasteiger charge is 2.43. The van der Waals surface area contributed by atoms with E-state index < -0.39 is 24.2 Å². The molecule has 0 fully saturated rings. The number of ether oxygens (including phenoxy) is 2. The summed E-state index contributed by atoms with van der Waals surface area (Å²) in [6.07, 6.45) is -1.67. The molecule has 0 aliphatic heterocycles. The minimum atomic E-state index is -4.55. The highest BCUT2D eigenvalue weighted by atomic mass is 32.2. The lowest BCUT2D eigenvalue weighted by molar-refractivity contribution is -0.161. The first kappa shape index (κ1) is 30.6. The van der Waals surface area contributed by atoms with Crippen LogP contribution in [0.5, 0.6) is 11.5 Å². The minimum absolute atomic E-state index is 0.0132. The average molecular weight is 542 g/mol. The second-order valence-electron chi connectivity index (χ2n) is 9.17. The number of alkyl halides is 3. The highest BCUT2D eigenvalue weighted by Crippen LogP contribution is 2.33. The van der Waals surface area contributed by atoms with E-state index in [1.54, 1.807) is 56.3 Å². The van der Waals surface area contributed by atoms with Crippen LogP contribution in [0, 0.1) is 5.92 Å². The van der Waals surface area contributed by atoms with Crippen molar-refractivity contribution < 1.29 is 27.4 Å². The fourth-order valence-electron chi connectivity index (χ4n) is 3.91. The summed E-state index contributed by atoms with van der Waals surface area (Å²) in [5.74, 6) is 1.58. The molecule has 2 rings (SSSR count). The van der Waals surface area contributed by atoms with Gasteiger partial charge in [-0.05, 0) is 48.5 Å². The van der Waals surface area contributed by atoms with E-state index in [9.17, 15) is 18.0 Å². The van der Waals surface area contributed by atoms with Crippen LogP contribution in [0.1, 0.15) is 38.3 Å². The maximum absolute atomic E-state index is 14.0. The smallest absolute Gasteiger partial charge is 0.407 e. The lowest BCUT2D eigenvalue weighted by atomic mass is 9.99. The predicted molar refractivity (Wildman–Crippen MR) is 145 cm³/mol. The summed E-state index contributed by atoms with van der Waals surface area (Å²) in [6.45, 7) is 4.15. The number of benzene rings is 2. The molecule has 0 unspecified atom stereocenters. The van der Waals surface area contributed by atoms with Gasteiger partial charge in [0.25, 0.3) is 0 Å². The predicted octanol–water partition coefficient (Wildman–Crippen LogP) is 5.66. The molecule has 6 nitrogen and oxygen atoms in total. The first-order chi connectivity index (χ1) is 17.6. The number of carbonyl (C=O) groups excluding carboxylic acids is 1. The number of nitrogens with one attached hydrogen (secondary N) is 3. The molecule has 2 aromatic rings. The minimum Gasteiger partial charge on any atom is -0.497 e. The van der Waals surface area contributed by atoms with Crippen molar-refractivity contribution in [3.63, 3.8) is 0 Å². The normalized spacial score (nSPS) is 14.1. The van der Waals surface area contributed by atoms with Gasteiger partial charge in [-0.3, -0.25) is 10.1 Å². The van der Waals surface area contributed by atoms with E-state index in [2.05, 4.69) is 16.0 Å². The molecule has 0 aliphatic rings.